The second-order valence-electron chi connectivity index (χ2n) is 2.76. The third-order valence-corrected chi connectivity index (χ3v) is 2.42. The SMILES string of the molecule is CCOC(=O)c1cc(OC)c(OC)nc1Br. The molecule has 0 saturated carbocycles. The van der Waals surface area contributed by atoms with Gasteiger partial charge in [-0.2, -0.15) is 0 Å². The van der Waals surface area contributed by atoms with Crippen molar-refractivity contribution in [3.63, 3.8) is 0 Å². The van der Waals surface area contributed by atoms with Crippen molar-refractivity contribution < 1.29 is 19.0 Å². The van der Waals surface area contributed by atoms with Gasteiger partial charge < -0.3 is 14.2 Å². The molecule has 0 bridgehead atoms. The topological polar surface area (TPSA) is 57.7 Å². The van der Waals surface area contributed by atoms with Crippen molar-refractivity contribution in [3.05, 3.63) is 16.2 Å². The molecule has 0 radical (unpaired) electrons. The number of rotatable bonds is 4. The van der Waals surface area contributed by atoms with Crippen molar-refractivity contribution in [2.75, 3.05) is 20.8 Å². The number of hydrogen-bond acceptors (Lipinski definition) is 5. The number of halogens is 1. The predicted molar refractivity (Wildman–Crippen MR) is 61.0 cm³/mol. The molecule has 0 saturated heterocycles. The van der Waals surface area contributed by atoms with Gasteiger partial charge in [-0.3, -0.25) is 0 Å². The third-order valence-electron chi connectivity index (χ3n) is 1.82. The zero-order chi connectivity index (χ0) is 12.1. The number of carbonyl (C=O) groups is 1. The summed E-state index contributed by atoms with van der Waals surface area (Å²) in [6.07, 6.45) is 0. The fourth-order valence-electron chi connectivity index (χ4n) is 1.10. The summed E-state index contributed by atoms with van der Waals surface area (Å²) in [6.45, 7) is 2.04. The van der Waals surface area contributed by atoms with Crippen LogP contribution in [0, 0.1) is 0 Å². The van der Waals surface area contributed by atoms with Crippen molar-refractivity contribution in [1.29, 1.82) is 0 Å². The summed E-state index contributed by atoms with van der Waals surface area (Å²) < 4.78 is 15.3. The molecule has 0 aromatic carbocycles. The summed E-state index contributed by atoms with van der Waals surface area (Å²) in [5.74, 6) is 0.235. The summed E-state index contributed by atoms with van der Waals surface area (Å²) in [7, 11) is 2.95. The maximum atomic E-state index is 11.5. The maximum Gasteiger partial charge on any atom is 0.341 e. The largest absolute Gasteiger partial charge is 0.491 e. The molecule has 1 aromatic heterocycles. The Kier molecular flexibility index (Phi) is 4.54. The zero-order valence-electron chi connectivity index (χ0n) is 9.24. The van der Waals surface area contributed by atoms with Crippen LogP contribution in [0.25, 0.3) is 0 Å². The van der Waals surface area contributed by atoms with Crippen LogP contribution in [0.3, 0.4) is 0 Å². The van der Waals surface area contributed by atoms with E-state index in [1.165, 1.54) is 20.3 Å². The highest BCUT2D eigenvalue weighted by Gasteiger charge is 2.17. The minimum absolute atomic E-state index is 0.305. The molecule has 0 unspecified atom stereocenters. The molecular formula is C10H12BrNO4. The molecule has 88 valence electrons. The van der Waals surface area contributed by atoms with Crippen molar-refractivity contribution in [1.82, 2.24) is 4.98 Å². The first-order chi connectivity index (χ1) is 7.63. The number of aromatic nitrogens is 1. The van der Waals surface area contributed by atoms with Crippen molar-refractivity contribution >= 4 is 21.9 Å². The van der Waals surface area contributed by atoms with Crippen LogP contribution in [0.5, 0.6) is 11.6 Å². The Morgan fingerprint density at radius 2 is 2.12 bits per heavy atom. The van der Waals surface area contributed by atoms with E-state index in [4.69, 9.17) is 14.2 Å². The fraction of sp³-hybridized carbons (Fsp3) is 0.400. The van der Waals surface area contributed by atoms with Gasteiger partial charge in [0.05, 0.1) is 26.4 Å². The lowest BCUT2D eigenvalue weighted by Crippen LogP contribution is -2.07. The second kappa shape index (κ2) is 5.69. The minimum atomic E-state index is -0.456. The molecule has 1 heterocycles. The molecule has 0 spiro atoms. The minimum Gasteiger partial charge on any atom is -0.491 e. The second-order valence-corrected chi connectivity index (χ2v) is 3.51. The van der Waals surface area contributed by atoms with E-state index in [1.54, 1.807) is 6.92 Å². The first kappa shape index (κ1) is 12.8. The van der Waals surface area contributed by atoms with Crippen LogP contribution in [0.1, 0.15) is 17.3 Å². The molecule has 0 fully saturated rings. The molecule has 16 heavy (non-hydrogen) atoms. The van der Waals surface area contributed by atoms with Crippen LogP contribution in [0.4, 0.5) is 0 Å². The third kappa shape index (κ3) is 2.63. The number of hydrogen-bond donors (Lipinski definition) is 0. The number of methoxy groups -OCH3 is 2. The van der Waals surface area contributed by atoms with Crippen LogP contribution in [0.2, 0.25) is 0 Å². The Balaban J connectivity index is 3.15. The van der Waals surface area contributed by atoms with E-state index in [0.717, 1.165) is 0 Å². The summed E-state index contributed by atoms with van der Waals surface area (Å²) in [5, 5.41) is 0. The smallest absolute Gasteiger partial charge is 0.341 e. The maximum absolute atomic E-state index is 11.5. The summed E-state index contributed by atoms with van der Waals surface area (Å²) in [4.78, 5) is 15.6. The molecule has 1 rings (SSSR count). The van der Waals surface area contributed by atoms with E-state index >= 15 is 0 Å². The molecular weight excluding hydrogens is 278 g/mol. The normalized spacial score (nSPS) is 9.75. The van der Waals surface area contributed by atoms with Crippen molar-refractivity contribution in [2.24, 2.45) is 0 Å². The van der Waals surface area contributed by atoms with Gasteiger partial charge >= 0.3 is 5.97 Å². The first-order valence-electron chi connectivity index (χ1n) is 4.59. The highest BCUT2D eigenvalue weighted by Crippen LogP contribution is 2.29. The Morgan fingerprint density at radius 1 is 1.44 bits per heavy atom. The highest BCUT2D eigenvalue weighted by atomic mass is 79.9. The Morgan fingerprint density at radius 3 is 2.62 bits per heavy atom. The Hall–Kier alpha value is -1.30. The van der Waals surface area contributed by atoms with Crippen molar-refractivity contribution in [3.8, 4) is 11.6 Å². The fourth-order valence-corrected chi connectivity index (χ4v) is 1.54. The average Bonchev–Trinajstić information content (AvgIpc) is 2.28. The van der Waals surface area contributed by atoms with Gasteiger partial charge in [0.25, 0.3) is 5.88 Å². The van der Waals surface area contributed by atoms with E-state index in [-0.39, 0.29) is 0 Å². The number of ether oxygens (including phenoxy) is 3. The zero-order valence-corrected chi connectivity index (χ0v) is 10.8. The molecule has 6 heteroatoms. The van der Waals surface area contributed by atoms with Crippen LogP contribution in [-0.2, 0) is 4.74 Å². The number of pyridine rings is 1. The molecule has 0 N–H and O–H groups in total. The Bertz CT molecular complexity index is 395. The van der Waals surface area contributed by atoms with Gasteiger partial charge in [-0.25, -0.2) is 9.78 Å². The van der Waals surface area contributed by atoms with E-state index in [1.807, 2.05) is 0 Å². The van der Waals surface area contributed by atoms with E-state index < -0.39 is 5.97 Å². The molecule has 0 amide bonds. The summed E-state index contributed by atoms with van der Waals surface area (Å²) in [5.41, 5.74) is 0.305. The lowest BCUT2D eigenvalue weighted by atomic mass is 10.3. The standard InChI is InChI=1S/C10H12BrNO4/c1-4-16-10(13)6-5-7(14-2)9(15-3)12-8(6)11/h5H,4H2,1-3H3. The molecule has 0 aliphatic heterocycles. The first-order valence-corrected chi connectivity index (χ1v) is 5.39. The van der Waals surface area contributed by atoms with Gasteiger partial charge in [0.1, 0.15) is 4.60 Å². The van der Waals surface area contributed by atoms with Gasteiger partial charge in [0, 0.05) is 6.07 Å². The van der Waals surface area contributed by atoms with Crippen molar-refractivity contribution in [2.45, 2.75) is 6.92 Å². The van der Waals surface area contributed by atoms with E-state index in [0.29, 0.717) is 28.4 Å². The number of carbonyl (C=O) groups excluding carboxylic acids is 1. The molecule has 0 aliphatic rings. The van der Waals surface area contributed by atoms with Gasteiger partial charge in [-0.05, 0) is 22.9 Å². The van der Waals surface area contributed by atoms with Gasteiger partial charge in [0.2, 0.25) is 0 Å². The van der Waals surface area contributed by atoms with Crippen LogP contribution >= 0.6 is 15.9 Å². The summed E-state index contributed by atoms with van der Waals surface area (Å²) >= 11 is 3.17. The highest BCUT2D eigenvalue weighted by molar-refractivity contribution is 9.10. The average molecular weight is 290 g/mol. The van der Waals surface area contributed by atoms with Gasteiger partial charge in [0.15, 0.2) is 5.75 Å². The van der Waals surface area contributed by atoms with E-state index in [2.05, 4.69) is 20.9 Å². The summed E-state index contributed by atoms with van der Waals surface area (Å²) in [6, 6.07) is 1.52. The predicted octanol–water partition coefficient (Wildman–Crippen LogP) is 2.04. The molecule has 5 nitrogen and oxygen atoms in total. The molecule has 0 aliphatic carbocycles. The van der Waals surface area contributed by atoms with Gasteiger partial charge in [-0.1, -0.05) is 0 Å². The Labute approximate surface area is 102 Å². The lowest BCUT2D eigenvalue weighted by molar-refractivity contribution is 0.0524. The van der Waals surface area contributed by atoms with Crippen LogP contribution in [0.15, 0.2) is 10.7 Å². The quantitative estimate of drug-likeness (QED) is 0.627. The lowest BCUT2D eigenvalue weighted by Gasteiger charge is -2.09. The number of nitrogens with zero attached hydrogens (tertiary/aromatic N) is 1. The monoisotopic (exact) mass is 289 g/mol. The van der Waals surface area contributed by atoms with E-state index in [9.17, 15) is 4.79 Å². The molecule has 1 aromatic rings. The molecule has 0 atom stereocenters. The van der Waals surface area contributed by atoms with Crippen LogP contribution in [-0.4, -0.2) is 31.8 Å². The number of esters is 1. The van der Waals surface area contributed by atoms with Gasteiger partial charge in [-0.15, -0.1) is 0 Å². The van der Waals surface area contributed by atoms with Crippen LogP contribution < -0.4 is 9.47 Å².